The summed E-state index contributed by atoms with van der Waals surface area (Å²) in [4.78, 5) is 21.8. The molecule has 5 heteroatoms. The van der Waals surface area contributed by atoms with Gasteiger partial charge in [-0.2, -0.15) is 0 Å². The van der Waals surface area contributed by atoms with Crippen LogP contribution in [0.4, 0.5) is 10.1 Å². The summed E-state index contributed by atoms with van der Waals surface area (Å²) in [6, 6.07) is 3.80. The van der Waals surface area contributed by atoms with E-state index >= 15 is 0 Å². The molecule has 1 aromatic carbocycles. The maximum atomic E-state index is 13.1. The lowest BCUT2D eigenvalue weighted by molar-refractivity contribution is -0.124. The van der Waals surface area contributed by atoms with E-state index in [0.717, 1.165) is 6.07 Å². The van der Waals surface area contributed by atoms with Crippen molar-refractivity contribution >= 4 is 29.0 Å². The van der Waals surface area contributed by atoms with Crippen molar-refractivity contribution in [1.82, 2.24) is 0 Å². The summed E-state index contributed by atoms with van der Waals surface area (Å²) < 4.78 is 13.1. The number of hydrogen-bond donors (Lipinski definition) is 1. The Kier molecular flexibility index (Phi) is 3.80. The van der Waals surface area contributed by atoms with Crippen LogP contribution in [0.1, 0.15) is 13.3 Å². The number of nitrogens with one attached hydrogen (secondary N) is 1. The fraction of sp³-hybridized carbons (Fsp3) is 0.200. The number of ketones is 1. The zero-order valence-corrected chi connectivity index (χ0v) is 8.77. The zero-order chi connectivity index (χ0) is 11.4. The van der Waals surface area contributed by atoms with E-state index in [-0.39, 0.29) is 17.9 Å². The maximum Gasteiger partial charge on any atom is 0.231 e. The summed E-state index contributed by atoms with van der Waals surface area (Å²) in [6.45, 7) is 1.29. The second-order valence-corrected chi connectivity index (χ2v) is 3.49. The molecule has 0 aliphatic carbocycles. The second-order valence-electron chi connectivity index (χ2n) is 3.05. The number of carbonyl (C=O) groups excluding carboxylic acids is 2. The molecule has 0 aliphatic rings. The topological polar surface area (TPSA) is 46.2 Å². The molecule has 0 radical (unpaired) electrons. The van der Waals surface area contributed by atoms with Crippen LogP contribution in [0, 0.1) is 5.82 Å². The van der Waals surface area contributed by atoms with Gasteiger partial charge in [0.15, 0.2) is 0 Å². The van der Waals surface area contributed by atoms with Crippen LogP contribution in [0.2, 0.25) is 5.02 Å². The number of Topliss-reactive ketones (excluding diaryl/α,β-unsaturated/α-hetero) is 1. The smallest absolute Gasteiger partial charge is 0.231 e. The van der Waals surface area contributed by atoms with E-state index in [0.29, 0.717) is 5.02 Å². The molecule has 80 valence electrons. The van der Waals surface area contributed by atoms with Crippen molar-refractivity contribution in [1.29, 1.82) is 0 Å². The van der Waals surface area contributed by atoms with Crippen LogP contribution in [0.5, 0.6) is 0 Å². The number of carbonyl (C=O) groups is 2. The van der Waals surface area contributed by atoms with Gasteiger partial charge in [-0.05, 0) is 25.1 Å². The Morgan fingerprint density at radius 2 is 2.13 bits per heavy atom. The van der Waals surface area contributed by atoms with Gasteiger partial charge in [-0.3, -0.25) is 9.59 Å². The van der Waals surface area contributed by atoms with Crippen LogP contribution in [-0.2, 0) is 9.59 Å². The average molecular weight is 230 g/mol. The van der Waals surface area contributed by atoms with Crippen molar-refractivity contribution in [3.05, 3.63) is 29.0 Å². The third-order valence-corrected chi connectivity index (χ3v) is 1.85. The fourth-order valence-electron chi connectivity index (χ4n) is 1.01. The van der Waals surface area contributed by atoms with E-state index in [9.17, 15) is 14.0 Å². The quantitative estimate of drug-likeness (QED) is 0.809. The standard InChI is InChI=1S/C10H9ClFNO2/c1-6(14)4-10(15)13-9-5-7(11)2-3-8(9)12/h2-3,5H,4H2,1H3,(H,13,15). The zero-order valence-electron chi connectivity index (χ0n) is 8.01. The van der Waals surface area contributed by atoms with Crippen LogP contribution >= 0.6 is 11.6 Å². The molecule has 0 spiro atoms. The van der Waals surface area contributed by atoms with Gasteiger partial charge in [0.05, 0.1) is 12.1 Å². The molecule has 3 nitrogen and oxygen atoms in total. The molecule has 0 atom stereocenters. The first-order valence-electron chi connectivity index (χ1n) is 4.23. The van der Waals surface area contributed by atoms with Crippen molar-refractivity contribution in [3.63, 3.8) is 0 Å². The van der Waals surface area contributed by atoms with Crippen molar-refractivity contribution in [2.45, 2.75) is 13.3 Å². The molecule has 15 heavy (non-hydrogen) atoms. The molecule has 0 aromatic heterocycles. The first kappa shape index (κ1) is 11.7. The van der Waals surface area contributed by atoms with Crippen LogP contribution in [0.25, 0.3) is 0 Å². The Labute approximate surface area is 91.2 Å². The number of anilines is 1. The molecule has 1 amide bonds. The Bertz CT molecular complexity index is 406. The number of halogens is 2. The van der Waals surface area contributed by atoms with E-state index in [1.165, 1.54) is 19.1 Å². The van der Waals surface area contributed by atoms with E-state index in [2.05, 4.69) is 5.32 Å². The van der Waals surface area contributed by atoms with Crippen LogP contribution < -0.4 is 5.32 Å². The predicted octanol–water partition coefficient (Wildman–Crippen LogP) is 2.40. The van der Waals surface area contributed by atoms with Crippen molar-refractivity contribution in [2.75, 3.05) is 5.32 Å². The van der Waals surface area contributed by atoms with E-state index < -0.39 is 11.7 Å². The Balaban J connectivity index is 2.76. The molecule has 0 heterocycles. The summed E-state index contributed by atoms with van der Waals surface area (Å²) in [5.41, 5.74) is -0.0197. The minimum Gasteiger partial charge on any atom is -0.323 e. The molecular weight excluding hydrogens is 221 g/mol. The second kappa shape index (κ2) is 4.89. The van der Waals surface area contributed by atoms with E-state index in [1.54, 1.807) is 0 Å². The lowest BCUT2D eigenvalue weighted by Crippen LogP contribution is -2.15. The molecule has 1 N–H and O–H groups in total. The maximum absolute atomic E-state index is 13.1. The Morgan fingerprint density at radius 1 is 1.47 bits per heavy atom. The Morgan fingerprint density at radius 3 is 2.73 bits per heavy atom. The molecule has 0 fully saturated rings. The van der Waals surface area contributed by atoms with Gasteiger partial charge in [-0.15, -0.1) is 0 Å². The lowest BCUT2D eigenvalue weighted by atomic mass is 10.2. The molecule has 0 bridgehead atoms. The van der Waals surface area contributed by atoms with Gasteiger partial charge in [-0.1, -0.05) is 11.6 Å². The normalized spacial score (nSPS) is 9.80. The van der Waals surface area contributed by atoms with Gasteiger partial charge < -0.3 is 5.32 Å². The highest BCUT2D eigenvalue weighted by atomic mass is 35.5. The average Bonchev–Trinajstić information content (AvgIpc) is 2.10. The molecule has 0 unspecified atom stereocenters. The molecule has 1 rings (SSSR count). The highest BCUT2D eigenvalue weighted by Crippen LogP contribution is 2.19. The summed E-state index contributed by atoms with van der Waals surface area (Å²) in [5, 5.41) is 2.58. The number of hydrogen-bond acceptors (Lipinski definition) is 2. The summed E-state index contributed by atoms with van der Waals surface area (Å²) in [5.74, 6) is -1.42. The van der Waals surface area contributed by atoms with Crippen molar-refractivity contribution in [3.8, 4) is 0 Å². The van der Waals surface area contributed by atoms with Crippen LogP contribution in [0.3, 0.4) is 0 Å². The number of amides is 1. The number of benzene rings is 1. The van der Waals surface area contributed by atoms with Crippen LogP contribution in [0.15, 0.2) is 18.2 Å². The minimum absolute atomic E-state index is 0.0197. The highest BCUT2D eigenvalue weighted by molar-refractivity contribution is 6.30. The van der Waals surface area contributed by atoms with E-state index in [1.807, 2.05) is 0 Å². The first-order chi connectivity index (χ1) is 6.99. The van der Waals surface area contributed by atoms with Gasteiger partial charge in [0.25, 0.3) is 0 Å². The molecule has 0 saturated heterocycles. The summed E-state index contributed by atoms with van der Waals surface area (Å²) in [6.07, 6.45) is -0.272. The van der Waals surface area contributed by atoms with Gasteiger partial charge in [0.2, 0.25) is 5.91 Å². The molecule has 1 aromatic rings. The highest BCUT2D eigenvalue weighted by Gasteiger charge is 2.09. The van der Waals surface area contributed by atoms with Gasteiger partial charge in [0.1, 0.15) is 11.6 Å². The third kappa shape index (κ3) is 3.67. The van der Waals surface area contributed by atoms with Crippen molar-refractivity contribution < 1.29 is 14.0 Å². The SMILES string of the molecule is CC(=O)CC(=O)Nc1cc(Cl)ccc1F. The van der Waals surface area contributed by atoms with Gasteiger partial charge >= 0.3 is 0 Å². The largest absolute Gasteiger partial charge is 0.323 e. The first-order valence-corrected chi connectivity index (χ1v) is 4.61. The summed E-state index contributed by atoms with van der Waals surface area (Å²) >= 11 is 5.62. The van der Waals surface area contributed by atoms with Crippen molar-refractivity contribution in [2.24, 2.45) is 0 Å². The molecule has 0 saturated carbocycles. The molecule has 0 aliphatic heterocycles. The number of rotatable bonds is 3. The summed E-state index contributed by atoms with van der Waals surface area (Å²) in [7, 11) is 0. The van der Waals surface area contributed by atoms with E-state index in [4.69, 9.17) is 11.6 Å². The Hall–Kier alpha value is -1.42. The third-order valence-electron chi connectivity index (χ3n) is 1.61. The molecular formula is C10H9ClFNO2. The predicted molar refractivity (Wildman–Crippen MR) is 55.3 cm³/mol. The fourth-order valence-corrected chi connectivity index (χ4v) is 1.19. The van der Waals surface area contributed by atoms with Gasteiger partial charge in [-0.25, -0.2) is 4.39 Å². The minimum atomic E-state index is -0.587. The monoisotopic (exact) mass is 229 g/mol. The lowest BCUT2D eigenvalue weighted by Gasteiger charge is -2.05. The van der Waals surface area contributed by atoms with Crippen LogP contribution in [-0.4, -0.2) is 11.7 Å². The van der Waals surface area contributed by atoms with Gasteiger partial charge in [0, 0.05) is 5.02 Å².